The molecule has 2 rings (SSSR count). The van der Waals surface area contributed by atoms with Gasteiger partial charge in [0.15, 0.2) is 0 Å². The molecule has 1 atom stereocenters. The number of nitrogens with zero attached hydrogens (tertiary/aromatic N) is 1. The third kappa shape index (κ3) is 4.46. The first-order valence-corrected chi connectivity index (χ1v) is 8.87. The molecular formula is C17H15NO5S2-2. The normalized spacial score (nSPS) is 17.2. The molecule has 8 heteroatoms. The summed E-state index contributed by atoms with van der Waals surface area (Å²) in [5.41, 5.74) is 0.630. The molecule has 6 nitrogen and oxygen atoms in total. The van der Waals surface area contributed by atoms with Crippen molar-refractivity contribution in [3.8, 4) is 0 Å². The summed E-state index contributed by atoms with van der Waals surface area (Å²) < 4.78 is 0.174. The number of aliphatic carboxylic acids is 1. The highest BCUT2D eigenvalue weighted by Crippen LogP contribution is 2.34. The van der Waals surface area contributed by atoms with E-state index < -0.39 is 23.9 Å². The maximum absolute atomic E-state index is 12.6. The van der Waals surface area contributed by atoms with E-state index in [2.05, 4.69) is 0 Å². The van der Waals surface area contributed by atoms with Gasteiger partial charge in [-0.05, 0) is 23.6 Å². The number of hydrogen-bond donors (Lipinski definition) is 0. The first kappa shape index (κ1) is 19.1. The molecular weight excluding hydrogens is 362 g/mol. The second-order valence-electron chi connectivity index (χ2n) is 5.44. The summed E-state index contributed by atoms with van der Waals surface area (Å²) in [7, 11) is 0. The number of benzene rings is 1. The van der Waals surface area contributed by atoms with Crippen molar-refractivity contribution in [2.24, 2.45) is 0 Å². The fourth-order valence-corrected chi connectivity index (χ4v) is 3.72. The van der Waals surface area contributed by atoms with E-state index in [-0.39, 0.29) is 21.2 Å². The van der Waals surface area contributed by atoms with Gasteiger partial charge in [-0.1, -0.05) is 68.0 Å². The van der Waals surface area contributed by atoms with Gasteiger partial charge < -0.3 is 19.8 Å². The largest absolute Gasteiger partial charge is 0.548 e. The molecule has 1 fully saturated rings. The minimum absolute atomic E-state index is 0.0290. The lowest BCUT2D eigenvalue weighted by atomic mass is 10.1. The predicted octanol–water partition coefficient (Wildman–Crippen LogP) is 0.560. The molecule has 0 spiro atoms. The Morgan fingerprint density at radius 3 is 2.44 bits per heavy atom. The van der Waals surface area contributed by atoms with Crippen LogP contribution in [0.2, 0.25) is 0 Å². The Morgan fingerprint density at radius 2 is 1.92 bits per heavy atom. The molecule has 1 aliphatic rings. The van der Waals surface area contributed by atoms with Crippen molar-refractivity contribution in [2.45, 2.75) is 32.2 Å². The van der Waals surface area contributed by atoms with Gasteiger partial charge in [0.2, 0.25) is 0 Å². The van der Waals surface area contributed by atoms with Crippen molar-refractivity contribution in [1.29, 1.82) is 0 Å². The molecule has 1 aromatic carbocycles. The fourth-order valence-electron chi connectivity index (χ4n) is 2.37. The second-order valence-corrected chi connectivity index (χ2v) is 7.11. The van der Waals surface area contributed by atoms with Crippen molar-refractivity contribution >= 4 is 52.2 Å². The molecule has 0 bridgehead atoms. The highest BCUT2D eigenvalue weighted by atomic mass is 32.2. The van der Waals surface area contributed by atoms with E-state index >= 15 is 0 Å². The zero-order valence-corrected chi connectivity index (χ0v) is 15.0. The summed E-state index contributed by atoms with van der Waals surface area (Å²) in [6.45, 7) is 1.92. The van der Waals surface area contributed by atoms with Gasteiger partial charge in [0.25, 0.3) is 5.91 Å². The lowest BCUT2D eigenvalue weighted by Gasteiger charge is -2.27. The Kier molecular flexibility index (Phi) is 6.33. The van der Waals surface area contributed by atoms with E-state index in [9.17, 15) is 24.6 Å². The van der Waals surface area contributed by atoms with Crippen molar-refractivity contribution in [3.05, 3.63) is 40.3 Å². The van der Waals surface area contributed by atoms with Gasteiger partial charge in [0, 0.05) is 0 Å². The molecule has 1 amide bonds. The van der Waals surface area contributed by atoms with Crippen LogP contribution in [0.15, 0.2) is 29.2 Å². The Bertz CT molecular complexity index is 742. The number of thiocarbonyl (C=S) groups is 1. The summed E-state index contributed by atoms with van der Waals surface area (Å²) in [6, 6.07) is 4.72. The molecule has 0 saturated carbocycles. The van der Waals surface area contributed by atoms with Crippen LogP contribution in [0.3, 0.4) is 0 Å². The van der Waals surface area contributed by atoms with Crippen LogP contribution in [0.4, 0.5) is 0 Å². The Hall–Kier alpha value is -2.19. The minimum atomic E-state index is -1.33. The standard InChI is InChI=1S/C17H17NO5S2/c1-2-3-4-12(16(22)23)18-14(19)13(25-17(18)24)9-10-5-7-11(8-6-10)15(20)21/h5-9,12H,2-4H2,1H3,(H,20,21)(H,22,23)/p-2/b13-9-/t12-/m0/s1. The predicted molar refractivity (Wildman–Crippen MR) is 94.1 cm³/mol. The molecule has 0 radical (unpaired) electrons. The van der Waals surface area contributed by atoms with Crippen LogP contribution in [0.5, 0.6) is 0 Å². The molecule has 0 unspecified atom stereocenters. The fraction of sp³-hybridized carbons (Fsp3) is 0.294. The summed E-state index contributed by atoms with van der Waals surface area (Å²) in [5.74, 6) is -3.10. The highest BCUT2D eigenvalue weighted by molar-refractivity contribution is 8.26. The minimum Gasteiger partial charge on any atom is -0.548 e. The average Bonchev–Trinajstić information content (AvgIpc) is 2.83. The number of rotatable bonds is 7. The van der Waals surface area contributed by atoms with Crippen LogP contribution < -0.4 is 10.2 Å². The third-order valence-corrected chi connectivity index (χ3v) is 5.01. The van der Waals surface area contributed by atoms with Crippen LogP contribution in [0.25, 0.3) is 6.08 Å². The van der Waals surface area contributed by atoms with E-state index in [0.29, 0.717) is 12.0 Å². The number of carbonyl (C=O) groups is 3. The van der Waals surface area contributed by atoms with Crippen LogP contribution in [0.1, 0.15) is 42.1 Å². The number of carbonyl (C=O) groups excluding carboxylic acids is 3. The molecule has 1 saturated heterocycles. The Balaban J connectivity index is 2.24. The van der Waals surface area contributed by atoms with Crippen LogP contribution in [-0.2, 0) is 9.59 Å². The zero-order chi connectivity index (χ0) is 18.6. The number of hydrogen-bond acceptors (Lipinski definition) is 7. The summed E-state index contributed by atoms with van der Waals surface area (Å²) in [6.07, 6.45) is 3.25. The van der Waals surface area contributed by atoms with Gasteiger partial charge in [0.1, 0.15) is 4.32 Å². The molecule has 25 heavy (non-hydrogen) atoms. The molecule has 0 aliphatic carbocycles. The van der Waals surface area contributed by atoms with E-state index in [1.54, 1.807) is 6.08 Å². The van der Waals surface area contributed by atoms with E-state index in [1.165, 1.54) is 24.3 Å². The SMILES string of the molecule is CCCC[C@@H](C(=O)[O-])N1C(=O)/C(=C/c2ccc(C(=O)[O-])cc2)SC1=S. The summed E-state index contributed by atoms with van der Waals surface area (Å²) >= 11 is 6.18. The van der Waals surface area contributed by atoms with E-state index in [1.807, 2.05) is 6.92 Å². The molecule has 0 N–H and O–H groups in total. The molecule has 1 heterocycles. The van der Waals surface area contributed by atoms with Crippen LogP contribution in [0, 0.1) is 0 Å². The lowest BCUT2D eigenvalue weighted by molar-refractivity contribution is -0.310. The van der Waals surface area contributed by atoms with Gasteiger partial charge in [-0.25, -0.2) is 0 Å². The van der Waals surface area contributed by atoms with Crippen molar-refractivity contribution in [1.82, 2.24) is 4.90 Å². The number of thioether (sulfide) groups is 1. The van der Waals surface area contributed by atoms with Crippen molar-refractivity contribution in [3.63, 3.8) is 0 Å². The number of unbranched alkanes of at least 4 members (excludes halogenated alkanes) is 1. The average molecular weight is 377 g/mol. The number of carboxylic acid groups (broad SMARTS) is 2. The quantitative estimate of drug-likeness (QED) is 0.505. The second kappa shape index (κ2) is 8.26. The highest BCUT2D eigenvalue weighted by Gasteiger charge is 2.37. The van der Waals surface area contributed by atoms with Crippen molar-refractivity contribution < 1.29 is 24.6 Å². The first-order valence-electron chi connectivity index (χ1n) is 7.64. The monoisotopic (exact) mass is 377 g/mol. The molecule has 132 valence electrons. The van der Waals surface area contributed by atoms with E-state index in [0.717, 1.165) is 23.1 Å². The van der Waals surface area contributed by atoms with Crippen molar-refractivity contribution in [2.75, 3.05) is 0 Å². The Morgan fingerprint density at radius 1 is 1.28 bits per heavy atom. The molecule has 1 aliphatic heterocycles. The van der Waals surface area contributed by atoms with Crippen LogP contribution >= 0.6 is 24.0 Å². The van der Waals surface area contributed by atoms with Gasteiger partial charge in [-0.15, -0.1) is 0 Å². The zero-order valence-electron chi connectivity index (χ0n) is 13.4. The van der Waals surface area contributed by atoms with Crippen LogP contribution in [-0.4, -0.2) is 33.1 Å². The topological polar surface area (TPSA) is 101 Å². The molecule has 1 aromatic rings. The third-order valence-electron chi connectivity index (χ3n) is 3.68. The lowest BCUT2D eigenvalue weighted by Crippen LogP contribution is -2.49. The molecule has 0 aromatic heterocycles. The number of carboxylic acids is 2. The number of amides is 1. The summed E-state index contributed by atoms with van der Waals surface area (Å²) in [4.78, 5) is 36.1. The van der Waals surface area contributed by atoms with Gasteiger partial charge in [-0.3, -0.25) is 9.69 Å². The smallest absolute Gasteiger partial charge is 0.266 e. The van der Waals surface area contributed by atoms with Gasteiger partial charge in [-0.2, -0.15) is 0 Å². The van der Waals surface area contributed by atoms with E-state index in [4.69, 9.17) is 12.2 Å². The summed E-state index contributed by atoms with van der Waals surface area (Å²) in [5, 5.41) is 22.1. The number of aromatic carboxylic acids is 1. The maximum Gasteiger partial charge on any atom is 0.266 e. The first-order chi connectivity index (χ1) is 11.8. The van der Waals surface area contributed by atoms with Gasteiger partial charge in [0.05, 0.1) is 22.9 Å². The maximum atomic E-state index is 12.6. The van der Waals surface area contributed by atoms with Gasteiger partial charge >= 0.3 is 0 Å². The Labute approximate surface area is 154 Å².